The first-order valence-corrected chi connectivity index (χ1v) is 6.94. The Kier molecular flexibility index (Phi) is 5.85. The van der Waals surface area contributed by atoms with Crippen LogP contribution < -0.4 is 0 Å². The van der Waals surface area contributed by atoms with Crippen LogP contribution in [0.15, 0.2) is 11.3 Å². The number of rotatable bonds is 5. The molecular formula is C15H26O4. The van der Waals surface area contributed by atoms with E-state index in [0.717, 1.165) is 0 Å². The molecule has 110 valence electrons. The highest BCUT2D eigenvalue weighted by Gasteiger charge is 2.35. The van der Waals surface area contributed by atoms with Crippen molar-refractivity contribution in [3.8, 4) is 0 Å². The number of allylic oxidation sites excluding steroid dienone is 1. The first kappa shape index (κ1) is 16.0. The summed E-state index contributed by atoms with van der Waals surface area (Å²) in [6.45, 7) is 10.9. The average Bonchev–Trinajstić information content (AvgIpc) is 2.34. The number of esters is 1. The van der Waals surface area contributed by atoms with Crippen molar-refractivity contribution in [2.75, 3.05) is 13.7 Å². The lowest BCUT2D eigenvalue weighted by Gasteiger charge is -2.34. The van der Waals surface area contributed by atoms with Crippen molar-refractivity contribution in [2.45, 2.75) is 47.3 Å². The molecule has 0 aliphatic carbocycles. The monoisotopic (exact) mass is 270 g/mol. The van der Waals surface area contributed by atoms with E-state index in [4.69, 9.17) is 14.2 Å². The predicted molar refractivity (Wildman–Crippen MR) is 73.3 cm³/mol. The lowest BCUT2D eigenvalue weighted by Crippen LogP contribution is -2.33. The van der Waals surface area contributed by atoms with Gasteiger partial charge in [-0.15, -0.1) is 0 Å². The maximum absolute atomic E-state index is 11.9. The fourth-order valence-corrected chi connectivity index (χ4v) is 2.31. The summed E-state index contributed by atoms with van der Waals surface area (Å²) in [5, 5.41) is 0. The van der Waals surface area contributed by atoms with Gasteiger partial charge < -0.3 is 14.2 Å². The molecule has 4 heteroatoms. The summed E-state index contributed by atoms with van der Waals surface area (Å²) in [7, 11) is 1.40. The van der Waals surface area contributed by atoms with Crippen molar-refractivity contribution in [2.24, 2.45) is 17.8 Å². The quantitative estimate of drug-likeness (QED) is 0.720. The van der Waals surface area contributed by atoms with Crippen molar-refractivity contribution < 1.29 is 19.0 Å². The normalized spacial score (nSPS) is 23.8. The Bertz CT molecular complexity index is 344. The Morgan fingerprint density at radius 1 is 1.37 bits per heavy atom. The predicted octanol–water partition coefficient (Wildman–Crippen LogP) is 3.12. The average molecular weight is 270 g/mol. The molecule has 0 aromatic rings. The summed E-state index contributed by atoms with van der Waals surface area (Å²) >= 11 is 0. The maximum Gasteiger partial charge on any atom is 0.337 e. The van der Waals surface area contributed by atoms with E-state index in [-0.39, 0.29) is 18.2 Å². The summed E-state index contributed by atoms with van der Waals surface area (Å²) < 4.78 is 16.3. The standard InChI is InChI=1S/C15H26O4/c1-9(2)8-18-13-7-12(10(3)4)14(11(5)19-13)15(16)17-6/h9-10,12-13H,7-8H2,1-6H3/t12-,13+/m0/s1. The third kappa shape index (κ3) is 4.23. The van der Waals surface area contributed by atoms with Crippen LogP contribution in [0.25, 0.3) is 0 Å². The van der Waals surface area contributed by atoms with Gasteiger partial charge in [0.05, 0.1) is 19.3 Å². The van der Waals surface area contributed by atoms with E-state index >= 15 is 0 Å². The zero-order valence-corrected chi connectivity index (χ0v) is 12.9. The maximum atomic E-state index is 11.9. The van der Waals surface area contributed by atoms with Gasteiger partial charge in [-0.25, -0.2) is 4.79 Å². The van der Waals surface area contributed by atoms with Crippen LogP contribution >= 0.6 is 0 Å². The second-order valence-electron chi connectivity index (χ2n) is 5.82. The Labute approximate surface area is 116 Å². The first-order chi connectivity index (χ1) is 8.86. The summed E-state index contributed by atoms with van der Waals surface area (Å²) in [6, 6.07) is 0. The second kappa shape index (κ2) is 6.94. The minimum Gasteiger partial charge on any atom is -0.469 e. The van der Waals surface area contributed by atoms with Crippen molar-refractivity contribution in [1.82, 2.24) is 0 Å². The van der Waals surface area contributed by atoms with Crippen molar-refractivity contribution >= 4 is 5.97 Å². The van der Waals surface area contributed by atoms with E-state index in [1.807, 2.05) is 6.92 Å². The molecule has 0 spiro atoms. The number of carbonyl (C=O) groups excluding carboxylic acids is 1. The van der Waals surface area contributed by atoms with Crippen LogP contribution in [0.4, 0.5) is 0 Å². The molecule has 1 rings (SSSR count). The van der Waals surface area contributed by atoms with Crippen LogP contribution in [-0.4, -0.2) is 26.0 Å². The molecule has 1 heterocycles. The van der Waals surface area contributed by atoms with E-state index in [1.54, 1.807) is 0 Å². The van der Waals surface area contributed by atoms with Gasteiger partial charge in [-0.2, -0.15) is 0 Å². The van der Waals surface area contributed by atoms with Crippen molar-refractivity contribution in [3.05, 3.63) is 11.3 Å². The van der Waals surface area contributed by atoms with Crippen LogP contribution in [-0.2, 0) is 19.0 Å². The zero-order valence-electron chi connectivity index (χ0n) is 12.9. The van der Waals surface area contributed by atoms with Gasteiger partial charge in [-0.3, -0.25) is 0 Å². The number of methoxy groups -OCH3 is 1. The Hall–Kier alpha value is -1.03. The topological polar surface area (TPSA) is 44.8 Å². The Morgan fingerprint density at radius 3 is 2.47 bits per heavy atom. The molecular weight excluding hydrogens is 244 g/mol. The van der Waals surface area contributed by atoms with Gasteiger partial charge in [0.15, 0.2) is 6.29 Å². The molecule has 0 unspecified atom stereocenters. The van der Waals surface area contributed by atoms with Crippen LogP contribution in [0.5, 0.6) is 0 Å². The number of hydrogen-bond acceptors (Lipinski definition) is 4. The van der Waals surface area contributed by atoms with Gasteiger partial charge in [0, 0.05) is 12.3 Å². The smallest absolute Gasteiger partial charge is 0.337 e. The van der Waals surface area contributed by atoms with Gasteiger partial charge in [0.25, 0.3) is 0 Å². The molecule has 0 amide bonds. The first-order valence-electron chi connectivity index (χ1n) is 6.94. The second-order valence-corrected chi connectivity index (χ2v) is 5.82. The molecule has 1 aliphatic heterocycles. The summed E-state index contributed by atoms with van der Waals surface area (Å²) in [5.41, 5.74) is 0.655. The third-order valence-corrected chi connectivity index (χ3v) is 3.33. The van der Waals surface area contributed by atoms with Gasteiger partial charge in [-0.1, -0.05) is 27.7 Å². The fraction of sp³-hybridized carbons (Fsp3) is 0.800. The molecule has 0 radical (unpaired) electrons. The highest BCUT2D eigenvalue weighted by molar-refractivity contribution is 5.89. The van der Waals surface area contributed by atoms with E-state index < -0.39 is 0 Å². The molecule has 0 aromatic carbocycles. The van der Waals surface area contributed by atoms with E-state index in [1.165, 1.54) is 7.11 Å². The molecule has 1 aliphatic rings. The SMILES string of the molecule is COC(=O)C1=C(C)O[C@@H](OCC(C)C)C[C@H]1C(C)C. The highest BCUT2D eigenvalue weighted by atomic mass is 16.7. The lowest BCUT2D eigenvalue weighted by atomic mass is 9.83. The molecule has 0 saturated carbocycles. The van der Waals surface area contributed by atoms with Crippen molar-refractivity contribution in [1.29, 1.82) is 0 Å². The van der Waals surface area contributed by atoms with Crippen LogP contribution in [0.1, 0.15) is 41.0 Å². The minimum atomic E-state index is -0.293. The third-order valence-electron chi connectivity index (χ3n) is 3.33. The Balaban J connectivity index is 2.85. The minimum absolute atomic E-state index is 0.123. The van der Waals surface area contributed by atoms with Crippen LogP contribution in [0.3, 0.4) is 0 Å². The molecule has 0 N–H and O–H groups in total. The number of hydrogen-bond donors (Lipinski definition) is 0. The van der Waals surface area contributed by atoms with Crippen molar-refractivity contribution in [3.63, 3.8) is 0 Å². The van der Waals surface area contributed by atoms with Crippen LogP contribution in [0, 0.1) is 17.8 Å². The molecule has 0 saturated heterocycles. The molecule has 0 fully saturated rings. The van der Waals surface area contributed by atoms with E-state index in [9.17, 15) is 4.79 Å². The van der Waals surface area contributed by atoms with E-state index in [2.05, 4.69) is 27.7 Å². The van der Waals surface area contributed by atoms with Crippen LogP contribution in [0.2, 0.25) is 0 Å². The fourth-order valence-electron chi connectivity index (χ4n) is 2.31. The molecule has 19 heavy (non-hydrogen) atoms. The molecule has 0 bridgehead atoms. The van der Waals surface area contributed by atoms with Gasteiger partial charge in [0.2, 0.25) is 0 Å². The molecule has 2 atom stereocenters. The molecule has 4 nitrogen and oxygen atoms in total. The summed E-state index contributed by atoms with van der Waals surface area (Å²) in [6.07, 6.45) is 0.440. The van der Waals surface area contributed by atoms with Gasteiger partial charge in [-0.05, 0) is 18.8 Å². The number of carbonyl (C=O) groups is 1. The number of ether oxygens (including phenoxy) is 3. The largest absolute Gasteiger partial charge is 0.469 e. The van der Waals surface area contributed by atoms with Gasteiger partial charge in [0.1, 0.15) is 5.76 Å². The zero-order chi connectivity index (χ0) is 14.6. The lowest BCUT2D eigenvalue weighted by molar-refractivity contribution is -0.153. The summed E-state index contributed by atoms with van der Waals surface area (Å²) in [5.74, 6) is 1.27. The molecule has 0 aromatic heterocycles. The Morgan fingerprint density at radius 2 is 2.00 bits per heavy atom. The summed E-state index contributed by atoms with van der Waals surface area (Å²) in [4.78, 5) is 11.9. The van der Waals surface area contributed by atoms with Gasteiger partial charge >= 0.3 is 5.97 Å². The van der Waals surface area contributed by atoms with E-state index in [0.29, 0.717) is 36.2 Å². The highest BCUT2D eigenvalue weighted by Crippen LogP contribution is 2.35.